The topological polar surface area (TPSA) is 81.9 Å². The van der Waals surface area contributed by atoms with Gasteiger partial charge in [-0.15, -0.1) is 0 Å². The molecular weight excluding hydrogens is 492 g/mol. The molecule has 5 aromatic rings. The molecular formula is C32H31BN3NaO2. The van der Waals surface area contributed by atoms with E-state index in [1.54, 1.807) is 30.6 Å². The van der Waals surface area contributed by atoms with Crippen molar-refractivity contribution in [2.24, 2.45) is 0 Å². The maximum absolute atomic E-state index is 11.1. The van der Waals surface area contributed by atoms with Crippen LogP contribution in [0.4, 0.5) is 0 Å². The Kier molecular flexibility index (Phi) is 10.9. The number of rotatable bonds is 9. The number of benzene rings is 4. The van der Waals surface area contributed by atoms with Crippen LogP contribution in [-0.2, 0) is 10.2 Å². The molecule has 1 aromatic heterocycles. The van der Waals surface area contributed by atoms with Gasteiger partial charge in [-0.2, -0.15) is 5.26 Å². The van der Waals surface area contributed by atoms with Gasteiger partial charge in [0.2, 0.25) is 0 Å². The van der Waals surface area contributed by atoms with Crippen molar-refractivity contribution in [2.75, 3.05) is 6.61 Å². The number of H-pyrrole nitrogens is 1. The number of nitrogens with one attached hydrogen (secondary N) is 1. The van der Waals surface area contributed by atoms with E-state index in [4.69, 9.17) is 10.00 Å². The van der Waals surface area contributed by atoms with Crippen molar-refractivity contribution in [3.05, 3.63) is 161 Å². The first-order valence-electron chi connectivity index (χ1n) is 12.2. The molecule has 39 heavy (non-hydrogen) atoms. The predicted molar refractivity (Wildman–Crippen MR) is 154 cm³/mol. The first kappa shape index (κ1) is 30.1. The molecule has 0 bridgehead atoms. The second kappa shape index (κ2) is 14.1. The monoisotopic (exact) mass is 523 g/mol. The number of ether oxygens (including phenoxy) is 1. The number of aliphatic hydroxyl groups excluding tert-OH is 1. The van der Waals surface area contributed by atoms with E-state index in [0.29, 0.717) is 11.1 Å². The van der Waals surface area contributed by atoms with E-state index >= 15 is 0 Å². The Morgan fingerprint density at radius 3 is 1.69 bits per heavy atom. The van der Waals surface area contributed by atoms with Crippen molar-refractivity contribution in [1.29, 1.82) is 5.26 Å². The Labute approximate surface area is 253 Å². The molecule has 0 amide bonds. The number of nitriles is 1. The van der Waals surface area contributed by atoms with Gasteiger partial charge in [0.25, 0.3) is 0 Å². The Morgan fingerprint density at radius 2 is 1.28 bits per heavy atom. The van der Waals surface area contributed by atoms with E-state index in [9.17, 15) is 5.11 Å². The molecule has 0 saturated heterocycles. The summed E-state index contributed by atoms with van der Waals surface area (Å²) in [5.41, 5.74) is 4.34. The number of hydrogen-bond donors (Lipinski definition) is 2. The largest absolute Gasteiger partial charge is 1.00 e. The van der Waals surface area contributed by atoms with Crippen molar-refractivity contribution in [2.45, 2.75) is 17.6 Å². The number of imidazole rings is 1. The standard InChI is InChI=1S/C32H27N3O2.BH4.Na/c33-20-24-16-18-25(19-17-24)30(36)22-37-31(29-21-34-23-35-29)32(26-10-4-1-5-11-26,27-12-6-2-7-13-27)28-14-8-3-9-15-28;;/h1-19,21,23,30-31,36H,22H2,(H,34,35);1H4;/q;-1;+1. The summed E-state index contributed by atoms with van der Waals surface area (Å²) in [6.07, 6.45) is 2.05. The molecule has 4 aromatic carbocycles. The van der Waals surface area contributed by atoms with Gasteiger partial charge in [-0.05, 0) is 34.4 Å². The molecule has 0 radical (unpaired) electrons. The van der Waals surface area contributed by atoms with Gasteiger partial charge in [0, 0.05) is 6.20 Å². The van der Waals surface area contributed by atoms with Crippen LogP contribution < -0.4 is 29.6 Å². The van der Waals surface area contributed by atoms with Crippen molar-refractivity contribution >= 4 is 8.41 Å². The van der Waals surface area contributed by atoms with Gasteiger partial charge < -0.3 is 14.8 Å². The van der Waals surface area contributed by atoms with Crippen molar-refractivity contribution in [3.63, 3.8) is 0 Å². The van der Waals surface area contributed by atoms with Crippen LogP contribution >= 0.6 is 0 Å². The average molecular weight is 523 g/mol. The molecule has 5 rings (SSSR count). The predicted octanol–water partition coefficient (Wildman–Crippen LogP) is 1.66. The molecule has 5 nitrogen and oxygen atoms in total. The Balaban J connectivity index is 0.00000210. The van der Waals surface area contributed by atoms with Crippen LogP contribution in [0.25, 0.3) is 0 Å². The number of aliphatic hydroxyl groups is 1. The van der Waals surface area contributed by atoms with Crippen LogP contribution in [0.1, 0.15) is 45.7 Å². The van der Waals surface area contributed by atoms with Crippen molar-refractivity contribution < 1.29 is 39.4 Å². The smallest absolute Gasteiger partial charge is 0.386 e. The second-order valence-electron chi connectivity index (χ2n) is 8.86. The molecule has 0 fully saturated rings. The van der Waals surface area contributed by atoms with E-state index in [-0.39, 0.29) is 44.6 Å². The van der Waals surface area contributed by atoms with Crippen LogP contribution in [0.5, 0.6) is 0 Å². The Morgan fingerprint density at radius 1 is 0.795 bits per heavy atom. The maximum atomic E-state index is 11.1. The van der Waals surface area contributed by atoms with Crippen LogP contribution in [0, 0.1) is 11.3 Å². The summed E-state index contributed by atoms with van der Waals surface area (Å²) in [5.74, 6) is 0. The molecule has 0 spiro atoms. The number of aromatic nitrogens is 2. The molecule has 1 heterocycles. The van der Waals surface area contributed by atoms with Gasteiger partial charge in [0.15, 0.2) is 0 Å². The molecule has 0 saturated carbocycles. The molecule has 2 atom stereocenters. The number of hydrogen-bond acceptors (Lipinski definition) is 4. The van der Waals surface area contributed by atoms with E-state index in [0.717, 1.165) is 22.4 Å². The molecule has 0 aliphatic heterocycles. The third-order valence-electron chi connectivity index (χ3n) is 6.71. The zero-order chi connectivity index (χ0) is 25.5. The third kappa shape index (κ3) is 6.25. The van der Waals surface area contributed by atoms with E-state index in [1.165, 1.54) is 0 Å². The Bertz CT molecular complexity index is 1350. The number of aromatic amines is 1. The summed E-state index contributed by atoms with van der Waals surface area (Å²) in [6, 6.07) is 39.9. The summed E-state index contributed by atoms with van der Waals surface area (Å²) in [7, 11) is 0. The van der Waals surface area contributed by atoms with Gasteiger partial charge in [0.1, 0.15) is 12.2 Å². The zero-order valence-electron chi connectivity index (χ0n) is 21.2. The van der Waals surface area contributed by atoms with Crippen LogP contribution in [0.3, 0.4) is 0 Å². The second-order valence-corrected chi connectivity index (χ2v) is 8.86. The van der Waals surface area contributed by atoms with Gasteiger partial charge in [-0.3, -0.25) is 0 Å². The summed E-state index contributed by atoms with van der Waals surface area (Å²) >= 11 is 0. The summed E-state index contributed by atoms with van der Waals surface area (Å²) in [4.78, 5) is 7.72. The third-order valence-corrected chi connectivity index (χ3v) is 6.71. The van der Waals surface area contributed by atoms with Gasteiger partial charge >= 0.3 is 29.6 Å². The quantitative estimate of drug-likeness (QED) is 0.228. The van der Waals surface area contributed by atoms with Crippen LogP contribution in [-0.4, -0.2) is 30.1 Å². The maximum Gasteiger partial charge on any atom is 1.00 e. The molecule has 2 N–H and O–H groups in total. The minimum Gasteiger partial charge on any atom is -0.386 e. The average Bonchev–Trinajstić information content (AvgIpc) is 3.51. The van der Waals surface area contributed by atoms with Crippen molar-refractivity contribution in [1.82, 2.24) is 9.97 Å². The van der Waals surface area contributed by atoms with Gasteiger partial charge in [-0.25, -0.2) is 4.98 Å². The summed E-state index contributed by atoms with van der Waals surface area (Å²) < 4.78 is 6.69. The summed E-state index contributed by atoms with van der Waals surface area (Å²) in [6.45, 7) is 0.0394. The van der Waals surface area contributed by atoms with E-state index in [2.05, 4.69) is 52.4 Å². The fourth-order valence-corrected chi connectivity index (χ4v) is 4.97. The Hall–Kier alpha value is -3.44. The first-order valence-corrected chi connectivity index (χ1v) is 12.2. The van der Waals surface area contributed by atoms with Gasteiger partial charge in [-0.1, -0.05) is 112 Å². The molecule has 0 aliphatic carbocycles. The summed E-state index contributed by atoms with van der Waals surface area (Å²) in [5, 5.41) is 20.2. The number of nitrogens with zero attached hydrogens (tertiary/aromatic N) is 2. The SMILES string of the molecule is N#Cc1ccc(C(O)COC(c2c[nH]cn2)C(c2ccccc2)(c2ccccc2)c2ccccc2)cc1.[BH4-].[Na+]. The van der Waals surface area contributed by atoms with Gasteiger partial charge in [0.05, 0.1) is 35.7 Å². The molecule has 7 heteroatoms. The van der Waals surface area contributed by atoms with Crippen LogP contribution in [0.2, 0.25) is 0 Å². The molecule has 2 unspecified atom stereocenters. The van der Waals surface area contributed by atoms with Crippen molar-refractivity contribution in [3.8, 4) is 6.07 Å². The normalized spacial score (nSPS) is 12.3. The molecule has 190 valence electrons. The minimum absolute atomic E-state index is 0. The molecule has 0 aliphatic rings. The first-order chi connectivity index (χ1) is 18.2. The van der Waals surface area contributed by atoms with E-state index < -0.39 is 17.6 Å². The minimum atomic E-state index is -0.880. The fraction of sp³-hybridized carbons (Fsp3) is 0.125. The van der Waals surface area contributed by atoms with E-state index in [1.807, 2.05) is 60.8 Å². The zero-order valence-corrected chi connectivity index (χ0v) is 23.2. The fourth-order valence-electron chi connectivity index (χ4n) is 4.97. The van der Waals surface area contributed by atoms with Crippen LogP contribution in [0.15, 0.2) is 128 Å².